The zero-order valence-corrected chi connectivity index (χ0v) is 8.89. The number of nitrogens with two attached hydrogens (primary N) is 1. The summed E-state index contributed by atoms with van der Waals surface area (Å²) in [6, 6.07) is 10.5. The van der Waals surface area contributed by atoms with E-state index in [9.17, 15) is 0 Å². The number of benzene rings is 1. The van der Waals surface area contributed by atoms with Crippen molar-refractivity contribution in [1.29, 1.82) is 0 Å². The summed E-state index contributed by atoms with van der Waals surface area (Å²) < 4.78 is 5.50. The number of hydrogen-bond acceptors (Lipinski definition) is 3. The first-order valence-corrected chi connectivity index (χ1v) is 5.25. The summed E-state index contributed by atoms with van der Waals surface area (Å²) in [5.74, 6) is 0.791. The molecule has 0 spiro atoms. The molecule has 0 aromatic heterocycles. The van der Waals surface area contributed by atoms with Crippen molar-refractivity contribution in [3.63, 3.8) is 0 Å². The zero-order chi connectivity index (χ0) is 10.7. The second-order valence-corrected chi connectivity index (χ2v) is 3.94. The number of nitrogens with zero attached hydrogens (tertiary/aromatic N) is 1. The van der Waals surface area contributed by atoms with Crippen LogP contribution >= 0.6 is 0 Å². The van der Waals surface area contributed by atoms with E-state index < -0.39 is 0 Å². The lowest BCUT2D eigenvalue weighted by molar-refractivity contribution is 0.309. The van der Waals surface area contributed by atoms with Crippen LogP contribution in [0.2, 0.25) is 0 Å². The Labute approximate surface area is 90.0 Å². The van der Waals surface area contributed by atoms with Crippen molar-refractivity contribution >= 4 is 5.90 Å². The van der Waals surface area contributed by atoms with Gasteiger partial charge in [0, 0.05) is 12.5 Å². The van der Waals surface area contributed by atoms with E-state index >= 15 is 0 Å². The van der Waals surface area contributed by atoms with Gasteiger partial charge in [-0.15, -0.1) is 0 Å². The summed E-state index contributed by atoms with van der Waals surface area (Å²) in [5, 5.41) is 0. The second-order valence-electron chi connectivity index (χ2n) is 3.94. The van der Waals surface area contributed by atoms with E-state index in [0.29, 0.717) is 6.61 Å². The van der Waals surface area contributed by atoms with Crippen molar-refractivity contribution in [2.24, 2.45) is 10.7 Å². The van der Waals surface area contributed by atoms with E-state index in [0.717, 1.165) is 12.3 Å². The molecule has 80 valence electrons. The minimum atomic E-state index is 0.110. The van der Waals surface area contributed by atoms with Gasteiger partial charge in [-0.1, -0.05) is 30.3 Å². The molecule has 2 atom stereocenters. The molecule has 1 heterocycles. The molecule has 0 amide bonds. The van der Waals surface area contributed by atoms with E-state index in [4.69, 9.17) is 10.5 Å². The second kappa shape index (κ2) is 4.45. The minimum Gasteiger partial charge on any atom is -0.478 e. The van der Waals surface area contributed by atoms with Crippen LogP contribution < -0.4 is 5.73 Å². The molecule has 0 radical (unpaired) electrons. The first-order valence-electron chi connectivity index (χ1n) is 5.25. The van der Waals surface area contributed by atoms with Gasteiger partial charge < -0.3 is 10.5 Å². The molecule has 1 aromatic carbocycles. The molecule has 0 bridgehead atoms. The van der Waals surface area contributed by atoms with Crippen molar-refractivity contribution in [2.45, 2.75) is 25.4 Å². The van der Waals surface area contributed by atoms with E-state index in [1.165, 1.54) is 5.56 Å². The highest BCUT2D eigenvalue weighted by atomic mass is 16.5. The smallest absolute Gasteiger partial charge is 0.185 e. The van der Waals surface area contributed by atoms with Crippen LogP contribution in [-0.2, 0) is 4.74 Å². The van der Waals surface area contributed by atoms with Crippen LogP contribution in [-0.4, -0.2) is 18.5 Å². The highest BCUT2D eigenvalue weighted by Crippen LogP contribution is 2.23. The highest BCUT2D eigenvalue weighted by Gasteiger charge is 2.20. The van der Waals surface area contributed by atoms with Crippen LogP contribution in [0.4, 0.5) is 0 Å². The first-order chi connectivity index (χ1) is 7.25. The van der Waals surface area contributed by atoms with Gasteiger partial charge in [0.15, 0.2) is 5.90 Å². The van der Waals surface area contributed by atoms with Crippen LogP contribution in [0.25, 0.3) is 0 Å². The fourth-order valence-corrected chi connectivity index (χ4v) is 1.66. The third-order valence-electron chi connectivity index (χ3n) is 2.39. The normalized spacial score (nSPS) is 22.0. The van der Waals surface area contributed by atoms with Gasteiger partial charge in [-0.3, -0.25) is 0 Å². The number of hydrogen-bond donors (Lipinski definition) is 1. The van der Waals surface area contributed by atoms with E-state index in [2.05, 4.69) is 17.1 Å². The van der Waals surface area contributed by atoms with Gasteiger partial charge in [0.25, 0.3) is 0 Å². The molecule has 3 heteroatoms. The Hall–Kier alpha value is -1.35. The average molecular weight is 204 g/mol. The molecule has 1 aliphatic rings. The van der Waals surface area contributed by atoms with Gasteiger partial charge in [-0.25, -0.2) is 4.99 Å². The summed E-state index contributed by atoms with van der Waals surface area (Å²) in [4.78, 5) is 4.51. The Morgan fingerprint density at radius 1 is 1.47 bits per heavy atom. The van der Waals surface area contributed by atoms with Crippen molar-refractivity contribution in [3.8, 4) is 0 Å². The zero-order valence-electron chi connectivity index (χ0n) is 8.89. The average Bonchev–Trinajstić information content (AvgIpc) is 2.67. The van der Waals surface area contributed by atoms with Crippen LogP contribution in [0, 0.1) is 0 Å². The van der Waals surface area contributed by atoms with Crippen molar-refractivity contribution < 1.29 is 4.74 Å². The fraction of sp³-hybridized carbons (Fsp3) is 0.417. The predicted molar refractivity (Wildman–Crippen MR) is 60.8 cm³/mol. The van der Waals surface area contributed by atoms with Gasteiger partial charge in [0.05, 0.1) is 0 Å². The molecule has 0 saturated heterocycles. The number of rotatable bonds is 3. The maximum Gasteiger partial charge on any atom is 0.185 e. The summed E-state index contributed by atoms with van der Waals surface area (Å²) in [5.41, 5.74) is 6.90. The molecule has 2 rings (SSSR count). The van der Waals surface area contributed by atoms with Gasteiger partial charge in [0.1, 0.15) is 12.6 Å². The van der Waals surface area contributed by atoms with Crippen LogP contribution in [0.5, 0.6) is 0 Å². The Kier molecular flexibility index (Phi) is 3.02. The van der Waals surface area contributed by atoms with Crippen molar-refractivity contribution in [1.82, 2.24) is 0 Å². The topological polar surface area (TPSA) is 47.6 Å². The molecular formula is C12H16N2O. The molecule has 15 heavy (non-hydrogen) atoms. The molecular weight excluding hydrogens is 188 g/mol. The Bertz CT molecular complexity index is 346. The molecule has 1 aliphatic heterocycles. The fourth-order valence-electron chi connectivity index (χ4n) is 1.66. The molecule has 2 N–H and O–H groups in total. The van der Waals surface area contributed by atoms with Crippen LogP contribution in [0.15, 0.2) is 35.3 Å². The molecule has 0 fully saturated rings. The van der Waals surface area contributed by atoms with Crippen LogP contribution in [0.1, 0.15) is 24.9 Å². The third kappa shape index (κ3) is 2.57. The van der Waals surface area contributed by atoms with E-state index in [1.54, 1.807) is 0 Å². The third-order valence-corrected chi connectivity index (χ3v) is 2.39. The van der Waals surface area contributed by atoms with Gasteiger partial charge in [-0.2, -0.15) is 0 Å². The SMILES string of the molecule is CC(N)CC1=NC(c2ccccc2)CO1. The van der Waals surface area contributed by atoms with E-state index in [-0.39, 0.29) is 12.1 Å². The van der Waals surface area contributed by atoms with Gasteiger partial charge in [0.2, 0.25) is 0 Å². The summed E-state index contributed by atoms with van der Waals surface area (Å²) in [6.07, 6.45) is 0.726. The maximum absolute atomic E-state index is 5.70. The van der Waals surface area contributed by atoms with Crippen LogP contribution in [0.3, 0.4) is 0 Å². The predicted octanol–water partition coefficient (Wildman–Crippen LogP) is 1.89. The maximum atomic E-state index is 5.70. The molecule has 1 aromatic rings. The molecule has 0 saturated carbocycles. The quantitative estimate of drug-likeness (QED) is 0.817. The lowest BCUT2D eigenvalue weighted by Crippen LogP contribution is -2.19. The summed E-state index contributed by atoms with van der Waals surface area (Å²) in [7, 11) is 0. The molecule has 2 unspecified atom stereocenters. The van der Waals surface area contributed by atoms with Gasteiger partial charge >= 0.3 is 0 Å². The van der Waals surface area contributed by atoms with Crippen molar-refractivity contribution in [3.05, 3.63) is 35.9 Å². The van der Waals surface area contributed by atoms with E-state index in [1.807, 2.05) is 25.1 Å². The van der Waals surface area contributed by atoms with Crippen molar-refractivity contribution in [2.75, 3.05) is 6.61 Å². The monoisotopic (exact) mass is 204 g/mol. The highest BCUT2D eigenvalue weighted by molar-refractivity contribution is 5.78. The standard InChI is InChI=1S/C12H16N2O/c1-9(13)7-12-14-11(8-15-12)10-5-3-2-4-6-10/h2-6,9,11H,7-8,13H2,1H3. The molecule has 0 aliphatic carbocycles. The molecule has 3 nitrogen and oxygen atoms in total. The Morgan fingerprint density at radius 2 is 2.20 bits per heavy atom. The Morgan fingerprint density at radius 3 is 2.87 bits per heavy atom. The minimum absolute atomic E-state index is 0.110. The van der Waals surface area contributed by atoms with Gasteiger partial charge in [-0.05, 0) is 12.5 Å². The lowest BCUT2D eigenvalue weighted by Gasteiger charge is -2.03. The first kappa shape index (κ1) is 10.2. The number of ether oxygens (including phenoxy) is 1. The Balaban J connectivity index is 2.06. The largest absolute Gasteiger partial charge is 0.478 e. The summed E-state index contributed by atoms with van der Waals surface area (Å²) in [6.45, 7) is 2.60. The summed E-state index contributed by atoms with van der Waals surface area (Å²) >= 11 is 0. The number of aliphatic imine (C=N–C) groups is 1. The lowest BCUT2D eigenvalue weighted by atomic mass is 10.1.